The number of carboxylic acids is 1. The predicted molar refractivity (Wildman–Crippen MR) is 51.9 cm³/mol. The number of hydrogen-bond acceptors (Lipinski definition) is 5. The van der Waals surface area contributed by atoms with Crippen molar-refractivity contribution in [3.05, 3.63) is 35.4 Å². The van der Waals surface area contributed by atoms with Crippen molar-refractivity contribution in [2.24, 2.45) is 0 Å². The van der Waals surface area contributed by atoms with Crippen LogP contribution in [0.3, 0.4) is 0 Å². The molecule has 0 fully saturated rings. The van der Waals surface area contributed by atoms with Gasteiger partial charge in [-0.15, -0.1) is 0 Å². The number of aliphatic hydroxyl groups is 2. The normalized spacial score (nSPS) is 11.9. The summed E-state index contributed by atoms with van der Waals surface area (Å²) >= 11 is 0. The minimum absolute atomic E-state index is 0.00704. The van der Waals surface area contributed by atoms with Crippen LogP contribution in [0.25, 0.3) is 0 Å². The van der Waals surface area contributed by atoms with E-state index in [2.05, 4.69) is 4.74 Å². The summed E-state index contributed by atoms with van der Waals surface area (Å²) in [4.78, 5) is 21.9. The van der Waals surface area contributed by atoms with Crippen LogP contribution < -0.4 is 0 Å². The molecule has 0 spiro atoms. The molecule has 6 nitrogen and oxygen atoms in total. The molecule has 86 valence electrons. The highest BCUT2D eigenvalue weighted by atomic mass is 16.6. The summed E-state index contributed by atoms with van der Waals surface area (Å²) < 4.78 is 4.39. The van der Waals surface area contributed by atoms with Crippen LogP contribution in [-0.4, -0.2) is 40.2 Å². The first kappa shape index (κ1) is 12.2. The Morgan fingerprint density at radius 1 is 1.31 bits per heavy atom. The SMILES string of the molecule is O=C(O)c1cccc(C(=O)OC(O)CO)c1. The maximum Gasteiger partial charge on any atom is 0.340 e. The number of aliphatic hydroxyl groups excluding tert-OH is 2. The Morgan fingerprint density at radius 2 is 1.94 bits per heavy atom. The van der Waals surface area contributed by atoms with E-state index in [0.29, 0.717) is 0 Å². The van der Waals surface area contributed by atoms with Gasteiger partial charge in [-0.3, -0.25) is 0 Å². The molecule has 0 aromatic heterocycles. The number of carbonyl (C=O) groups excluding carboxylic acids is 1. The molecule has 3 N–H and O–H groups in total. The predicted octanol–water partition coefficient (Wildman–Crippen LogP) is -0.148. The van der Waals surface area contributed by atoms with E-state index in [1.165, 1.54) is 18.2 Å². The van der Waals surface area contributed by atoms with Crippen LogP contribution in [0.2, 0.25) is 0 Å². The minimum atomic E-state index is -1.61. The van der Waals surface area contributed by atoms with Gasteiger partial charge < -0.3 is 20.1 Å². The van der Waals surface area contributed by atoms with Crippen molar-refractivity contribution in [2.45, 2.75) is 6.29 Å². The molecule has 0 saturated heterocycles. The largest absolute Gasteiger partial charge is 0.478 e. The first-order valence-electron chi connectivity index (χ1n) is 4.38. The minimum Gasteiger partial charge on any atom is -0.478 e. The molecule has 1 aromatic rings. The molecule has 0 aliphatic carbocycles. The summed E-state index contributed by atoms with van der Waals surface area (Å²) in [6, 6.07) is 5.17. The Kier molecular flexibility index (Phi) is 3.98. The fraction of sp³-hybridized carbons (Fsp3) is 0.200. The van der Waals surface area contributed by atoms with E-state index in [4.69, 9.17) is 15.3 Å². The molecule has 0 radical (unpaired) electrons. The van der Waals surface area contributed by atoms with Crippen LogP contribution >= 0.6 is 0 Å². The van der Waals surface area contributed by atoms with Gasteiger partial charge in [-0.2, -0.15) is 0 Å². The molecule has 6 heteroatoms. The zero-order valence-corrected chi connectivity index (χ0v) is 8.16. The van der Waals surface area contributed by atoms with Gasteiger partial charge in [-0.1, -0.05) is 6.07 Å². The van der Waals surface area contributed by atoms with Gasteiger partial charge >= 0.3 is 11.9 Å². The van der Waals surface area contributed by atoms with E-state index < -0.39 is 24.8 Å². The number of hydrogen-bond donors (Lipinski definition) is 3. The molecule has 1 rings (SSSR count). The van der Waals surface area contributed by atoms with Gasteiger partial charge in [0.2, 0.25) is 6.29 Å². The van der Waals surface area contributed by atoms with Crippen LogP contribution in [-0.2, 0) is 4.74 Å². The quantitative estimate of drug-likeness (QED) is 0.487. The maximum absolute atomic E-state index is 11.3. The first-order valence-corrected chi connectivity index (χ1v) is 4.38. The van der Waals surface area contributed by atoms with E-state index in [0.717, 1.165) is 6.07 Å². The molecule has 16 heavy (non-hydrogen) atoms. The second-order valence-electron chi connectivity index (χ2n) is 2.93. The van der Waals surface area contributed by atoms with Crippen LogP contribution in [0.1, 0.15) is 20.7 Å². The molecule has 0 amide bonds. The lowest BCUT2D eigenvalue weighted by Gasteiger charge is -2.09. The first-order chi connectivity index (χ1) is 7.54. The second-order valence-corrected chi connectivity index (χ2v) is 2.93. The van der Waals surface area contributed by atoms with Crippen molar-refractivity contribution >= 4 is 11.9 Å². The van der Waals surface area contributed by atoms with Gasteiger partial charge in [0.25, 0.3) is 0 Å². The zero-order valence-electron chi connectivity index (χ0n) is 8.16. The smallest absolute Gasteiger partial charge is 0.340 e. The highest BCUT2D eigenvalue weighted by Gasteiger charge is 2.14. The summed E-state index contributed by atoms with van der Waals surface area (Å²) in [6.45, 7) is -0.718. The highest BCUT2D eigenvalue weighted by Crippen LogP contribution is 2.07. The summed E-state index contributed by atoms with van der Waals surface area (Å²) in [5.41, 5.74) is -0.0691. The Hall–Kier alpha value is -1.92. The van der Waals surface area contributed by atoms with Crippen molar-refractivity contribution in [2.75, 3.05) is 6.61 Å². The number of aromatic carboxylic acids is 1. The fourth-order valence-corrected chi connectivity index (χ4v) is 1.01. The summed E-state index contributed by atoms with van der Waals surface area (Å²) in [5, 5.41) is 26.0. The molecule has 1 atom stereocenters. The molecular weight excluding hydrogens is 216 g/mol. The van der Waals surface area contributed by atoms with Gasteiger partial charge in [0, 0.05) is 0 Å². The van der Waals surface area contributed by atoms with Crippen molar-refractivity contribution in [3.63, 3.8) is 0 Å². The Morgan fingerprint density at radius 3 is 2.50 bits per heavy atom. The van der Waals surface area contributed by atoms with E-state index in [1.807, 2.05) is 0 Å². The number of carbonyl (C=O) groups is 2. The van der Waals surface area contributed by atoms with E-state index in [1.54, 1.807) is 0 Å². The Balaban J connectivity index is 2.83. The van der Waals surface area contributed by atoms with Crippen molar-refractivity contribution in [1.29, 1.82) is 0 Å². The Labute approximate surface area is 90.7 Å². The van der Waals surface area contributed by atoms with Crippen molar-refractivity contribution in [3.8, 4) is 0 Å². The molecular formula is C10H10O6. The topological polar surface area (TPSA) is 104 Å². The van der Waals surface area contributed by atoms with Gasteiger partial charge in [-0.25, -0.2) is 9.59 Å². The number of rotatable bonds is 4. The Bertz CT molecular complexity index is 400. The van der Waals surface area contributed by atoms with Crippen LogP contribution in [0.4, 0.5) is 0 Å². The fourth-order valence-electron chi connectivity index (χ4n) is 1.01. The lowest BCUT2D eigenvalue weighted by Crippen LogP contribution is -2.21. The highest BCUT2D eigenvalue weighted by molar-refractivity contribution is 5.94. The van der Waals surface area contributed by atoms with E-state index >= 15 is 0 Å². The average molecular weight is 226 g/mol. The third-order valence-corrected chi connectivity index (χ3v) is 1.74. The number of ether oxygens (including phenoxy) is 1. The third kappa shape index (κ3) is 3.04. The van der Waals surface area contributed by atoms with Gasteiger partial charge in [-0.05, 0) is 18.2 Å². The molecule has 1 aromatic carbocycles. The van der Waals surface area contributed by atoms with Gasteiger partial charge in [0.15, 0.2) is 0 Å². The standard InChI is InChI=1S/C10H10O6/c11-5-8(12)16-10(15)7-3-1-2-6(4-7)9(13)14/h1-4,8,11-12H,5H2,(H,13,14). The van der Waals surface area contributed by atoms with Crippen LogP contribution in [0.5, 0.6) is 0 Å². The lowest BCUT2D eigenvalue weighted by molar-refractivity contribution is -0.0903. The summed E-state index contributed by atoms with van der Waals surface area (Å²) in [7, 11) is 0. The summed E-state index contributed by atoms with van der Waals surface area (Å²) in [6.07, 6.45) is -1.61. The van der Waals surface area contributed by atoms with E-state index in [-0.39, 0.29) is 11.1 Å². The van der Waals surface area contributed by atoms with Crippen molar-refractivity contribution in [1.82, 2.24) is 0 Å². The second kappa shape index (κ2) is 5.24. The molecule has 0 saturated carbocycles. The van der Waals surface area contributed by atoms with Crippen LogP contribution in [0.15, 0.2) is 24.3 Å². The maximum atomic E-state index is 11.3. The van der Waals surface area contributed by atoms with Crippen LogP contribution in [0, 0.1) is 0 Å². The third-order valence-electron chi connectivity index (χ3n) is 1.74. The molecule has 1 unspecified atom stereocenters. The molecule has 0 aliphatic rings. The molecule has 0 bridgehead atoms. The average Bonchev–Trinajstić information content (AvgIpc) is 2.28. The van der Waals surface area contributed by atoms with Crippen molar-refractivity contribution < 1.29 is 29.6 Å². The van der Waals surface area contributed by atoms with E-state index in [9.17, 15) is 9.59 Å². The number of carboxylic acid groups (broad SMARTS) is 1. The lowest BCUT2D eigenvalue weighted by atomic mass is 10.1. The van der Waals surface area contributed by atoms with Gasteiger partial charge in [0.1, 0.15) is 6.61 Å². The summed E-state index contributed by atoms with van der Waals surface area (Å²) in [5.74, 6) is -2.07. The molecule has 0 aliphatic heterocycles. The monoisotopic (exact) mass is 226 g/mol. The zero-order chi connectivity index (χ0) is 12.1. The number of benzene rings is 1. The number of esters is 1. The van der Waals surface area contributed by atoms with Gasteiger partial charge in [0.05, 0.1) is 11.1 Å². The molecule has 0 heterocycles.